The highest BCUT2D eigenvalue weighted by molar-refractivity contribution is 5.94. The highest BCUT2D eigenvalue weighted by Gasteiger charge is 2.24. The summed E-state index contributed by atoms with van der Waals surface area (Å²) in [6.45, 7) is 4.47. The number of anilines is 1. The first-order chi connectivity index (χ1) is 13.7. The normalized spacial score (nSPS) is 14.4. The minimum atomic E-state index is -0.474. The number of aromatic nitrogens is 2. The van der Waals surface area contributed by atoms with Crippen LogP contribution in [0.5, 0.6) is 0 Å². The lowest BCUT2D eigenvalue weighted by Crippen LogP contribution is -2.49. The summed E-state index contributed by atoms with van der Waals surface area (Å²) in [5, 5.41) is 3.99. The van der Waals surface area contributed by atoms with Crippen molar-refractivity contribution in [2.75, 3.05) is 31.1 Å². The number of piperazine rings is 1. The number of nitrogens with zero attached hydrogens (tertiary/aromatic N) is 4. The maximum atomic E-state index is 13.9. The Kier molecular flexibility index (Phi) is 5.06. The van der Waals surface area contributed by atoms with Crippen molar-refractivity contribution in [3.8, 4) is 11.4 Å². The first-order valence-corrected chi connectivity index (χ1v) is 9.37. The maximum absolute atomic E-state index is 13.9. The van der Waals surface area contributed by atoms with Gasteiger partial charge in [0.15, 0.2) is 0 Å². The second-order valence-electron chi connectivity index (χ2n) is 6.67. The fourth-order valence-electron chi connectivity index (χ4n) is 3.31. The number of aryl methyl sites for hydroxylation is 1. The number of carbonyl (C=O) groups excluding carboxylic acids is 1. The Morgan fingerprint density at radius 2 is 1.79 bits per heavy atom. The van der Waals surface area contributed by atoms with E-state index in [-0.39, 0.29) is 11.5 Å². The number of hydrogen-bond acceptors (Lipinski definition) is 5. The quantitative estimate of drug-likeness (QED) is 0.694. The van der Waals surface area contributed by atoms with Gasteiger partial charge < -0.3 is 14.3 Å². The molecule has 2 aromatic carbocycles. The topological polar surface area (TPSA) is 62.5 Å². The molecule has 1 aliphatic rings. The van der Waals surface area contributed by atoms with Crippen LogP contribution in [0.15, 0.2) is 53.1 Å². The van der Waals surface area contributed by atoms with Gasteiger partial charge in [-0.3, -0.25) is 4.79 Å². The van der Waals surface area contributed by atoms with Crippen molar-refractivity contribution >= 4 is 11.6 Å². The molecule has 0 spiro atoms. The molecule has 4 rings (SSSR count). The van der Waals surface area contributed by atoms with Crippen LogP contribution >= 0.6 is 0 Å². The van der Waals surface area contributed by atoms with Crippen LogP contribution in [-0.4, -0.2) is 47.1 Å². The van der Waals surface area contributed by atoms with E-state index in [1.54, 1.807) is 17.0 Å². The monoisotopic (exact) mass is 380 g/mol. The molecule has 0 radical (unpaired) electrons. The molecule has 28 heavy (non-hydrogen) atoms. The van der Waals surface area contributed by atoms with Gasteiger partial charge in [-0.15, -0.1) is 0 Å². The molecule has 1 fully saturated rings. The van der Waals surface area contributed by atoms with E-state index >= 15 is 0 Å². The molecule has 3 aromatic rings. The predicted molar refractivity (Wildman–Crippen MR) is 104 cm³/mol. The second-order valence-corrected chi connectivity index (χ2v) is 6.67. The van der Waals surface area contributed by atoms with Crippen LogP contribution in [0.25, 0.3) is 11.4 Å². The first kappa shape index (κ1) is 18.2. The van der Waals surface area contributed by atoms with Gasteiger partial charge in [0.1, 0.15) is 5.82 Å². The Hall–Kier alpha value is -3.22. The fourth-order valence-corrected chi connectivity index (χ4v) is 3.31. The van der Waals surface area contributed by atoms with Crippen molar-refractivity contribution in [3.05, 3.63) is 65.8 Å². The first-order valence-electron chi connectivity index (χ1n) is 9.37. The van der Waals surface area contributed by atoms with E-state index in [9.17, 15) is 9.18 Å². The van der Waals surface area contributed by atoms with Crippen LogP contribution in [0.4, 0.5) is 10.1 Å². The summed E-state index contributed by atoms with van der Waals surface area (Å²) in [7, 11) is 0. The molecule has 2 heterocycles. The third kappa shape index (κ3) is 3.60. The average Bonchev–Trinajstić information content (AvgIpc) is 3.23. The predicted octanol–water partition coefficient (Wildman–Crippen LogP) is 3.40. The highest BCUT2D eigenvalue weighted by atomic mass is 19.1. The Bertz CT molecular complexity index is 963. The van der Waals surface area contributed by atoms with Gasteiger partial charge in [-0.05, 0) is 36.4 Å². The number of hydrogen-bond donors (Lipinski definition) is 0. The molecule has 1 aromatic heterocycles. The van der Waals surface area contributed by atoms with E-state index in [0.29, 0.717) is 44.3 Å². The van der Waals surface area contributed by atoms with Gasteiger partial charge in [0.25, 0.3) is 5.91 Å². The zero-order valence-corrected chi connectivity index (χ0v) is 15.6. The zero-order chi connectivity index (χ0) is 19.5. The van der Waals surface area contributed by atoms with Crippen molar-refractivity contribution in [3.63, 3.8) is 0 Å². The van der Waals surface area contributed by atoms with E-state index in [0.717, 1.165) is 11.3 Å². The number of rotatable bonds is 4. The van der Waals surface area contributed by atoms with Crippen LogP contribution in [0, 0.1) is 5.82 Å². The van der Waals surface area contributed by atoms with Crippen molar-refractivity contribution in [1.29, 1.82) is 0 Å². The largest absolute Gasteiger partial charge is 0.368 e. The molecule has 1 aliphatic heterocycles. The number of amides is 1. The second kappa shape index (κ2) is 7.80. The molecular formula is C21H21FN4O2. The number of halogens is 1. The van der Waals surface area contributed by atoms with Gasteiger partial charge in [-0.1, -0.05) is 24.2 Å². The number of carbonyl (C=O) groups is 1. The Balaban J connectivity index is 1.40. The van der Waals surface area contributed by atoms with Crippen LogP contribution < -0.4 is 4.90 Å². The van der Waals surface area contributed by atoms with Crippen LogP contribution in [0.1, 0.15) is 23.2 Å². The summed E-state index contributed by atoms with van der Waals surface area (Å²) < 4.78 is 19.0. The highest BCUT2D eigenvalue weighted by Crippen LogP contribution is 2.23. The minimum Gasteiger partial charge on any atom is -0.368 e. The average molecular weight is 380 g/mol. The summed E-state index contributed by atoms with van der Waals surface area (Å²) in [6.07, 6.45) is 0.709. The van der Waals surface area contributed by atoms with E-state index in [2.05, 4.69) is 15.0 Å². The summed E-state index contributed by atoms with van der Waals surface area (Å²) in [5.74, 6) is 0.480. The lowest BCUT2D eigenvalue weighted by atomic mass is 10.1. The molecule has 1 saturated heterocycles. The molecule has 0 aliphatic carbocycles. The van der Waals surface area contributed by atoms with Crippen LogP contribution in [0.3, 0.4) is 0 Å². The number of benzene rings is 2. The summed E-state index contributed by atoms with van der Waals surface area (Å²) in [4.78, 5) is 20.8. The van der Waals surface area contributed by atoms with Crippen molar-refractivity contribution in [2.24, 2.45) is 0 Å². The Morgan fingerprint density at radius 3 is 2.43 bits per heavy atom. The van der Waals surface area contributed by atoms with E-state index in [4.69, 9.17) is 4.52 Å². The lowest BCUT2D eigenvalue weighted by molar-refractivity contribution is 0.0742. The molecule has 0 N–H and O–H groups in total. The molecule has 0 saturated carbocycles. The van der Waals surface area contributed by atoms with Gasteiger partial charge in [-0.25, -0.2) is 4.39 Å². The molecule has 1 amide bonds. The minimum absolute atomic E-state index is 0.131. The van der Waals surface area contributed by atoms with Crippen molar-refractivity contribution in [2.45, 2.75) is 13.3 Å². The molecule has 0 bridgehead atoms. The third-order valence-electron chi connectivity index (χ3n) is 4.93. The van der Waals surface area contributed by atoms with Gasteiger partial charge in [0, 0.05) is 43.9 Å². The molecular weight excluding hydrogens is 359 g/mol. The molecule has 144 valence electrons. The van der Waals surface area contributed by atoms with Gasteiger partial charge >= 0.3 is 0 Å². The summed E-state index contributed by atoms with van der Waals surface area (Å²) in [5.41, 5.74) is 2.10. The molecule has 6 nitrogen and oxygen atoms in total. The fraction of sp³-hybridized carbons (Fsp3) is 0.286. The van der Waals surface area contributed by atoms with Crippen molar-refractivity contribution < 1.29 is 13.7 Å². The molecule has 0 atom stereocenters. The third-order valence-corrected chi connectivity index (χ3v) is 4.93. The van der Waals surface area contributed by atoms with E-state index < -0.39 is 5.82 Å². The Labute approximate surface area is 162 Å². The Morgan fingerprint density at radius 1 is 1.07 bits per heavy atom. The zero-order valence-electron chi connectivity index (χ0n) is 15.6. The summed E-state index contributed by atoms with van der Waals surface area (Å²) >= 11 is 0. The van der Waals surface area contributed by atoms with Gasteiger partial charge in [-0.2, -0.15) is 4.98 Å². The standard InChI is InChI=1S/C21H21FN4O2/c1-2-19-23-20(24-28-19)15-7-9-16(10-8-15)25-11-13-26(14-12-25)21(27)17-5-3-4-6-18(17)22/h3-10H,2,11-14H2,1H3. The van der Waals surface area contributed by atoms with Gasteiger partial charge in [0.05, 0.1) is 5.56 Å². The smallest absolute Gasteiger partial charge is 0.256 e. The van der Waals surface area contributed by atoms with E-state index in [1.807, 2.05) is 31.2 Å². The van der Waals surface area contributed by atoms with Crippen LogP contribution in [0.2, 0.25) is 0 Å². The maximum Gasteiger partial charge on any atom is 0.256 e. The van der Waals surface area contributed by atoms with E-state index in [1.165, 1.54) is 12.1 Å². The van der Waals surface area contributed by atoms with Crippen LogP contribution in [-0.2, 0) is 6.42 Å². The molecule has 0 unspecified atom stereocenters. The summed E-state index contributed by atoms with van der Waals surface area (Å²) in [6, 6.07) is 14.1. The lowest BCUT2D eigenvalue weighted by Gasteiger charge is -2.36. The van der Waals surface area contributed by atoms with Crippen molar-refractivity contribution in [1.82, 2.24) is 15.0 Å². The molecule has 7 heteroatoms. The SMILES string of the molecule is CCc1nc(-c2ccc(N3CCN(C(=O)c4ccccc4F)CC3)cc2)no1. The van der Waals surface area contributed by atoms with Gasteiger partial charge in [0.2, 0.25) is 11.7 Å².